The summed E-state index contributed by atoms with van der Waals surface area (Å²) in [6.45, 7) is 13.2. The summed E-state index contributed by atoms with van der Waals surface area (Å²) in [5.74, 6) is 0.507. The van der Waals surface area contributed by atoms with E-state index in [0.29, 0.717) is 19.0 Å². The molecule has 0 radical (unpaired) electrons. The SMILES string of the molecule is Cc1cc(-c2[nH]c3ccc(C4CN(C(=O)CN(C)C(=O)OC(C)(C)C)C4)cc3c2C(C)C)cn2ncnc12. The largest absolute Gasteiger partial charge is 0.444 e. The zero-order valence-electron chi connectivity index (χ0n) is 23.2. The minimum absolute atomic E-state index is 0.00880. The van der Waals surface area contributed by atoms with Gasteiger partial charge in [-0.1, -0.05) is 19.9 Å². The molecule has 0 saturated carbocycles. The van der Waals surface area contributed by atoms with Crippen molar-refractivity contribution in [3.05, 3.63) is 53.5 Å². The first-order valence-electron chi connectivity index (χ1n) is 13.1. The second kappa shape index (κ2) is 9.45. The Morgan fingerprint density at radius 3 is 2.63 bits per heavy atom. The van der Waals surface area contributed by atoms with E-state index in [4.69, 9.17) is 4.74 Å². The Bertz CT molecular complexity index is 1520. The van der Waals surface area contributed by atoms with Gasteiger partial charge in [-0.3, -0.25) is 4.79 Å². The van der Waals surface area contributed by atoms with Crippen molar-refractivity contribution in [3.8, 4) is 11.3 Å². The maximum Gasteiger partial charge on any atom is 0.410 e. The van der Waals surface area contributed by atoms with E-state index in [2.05, 4.69) is 60.1 Å². The van der Waals surface area contributed by atoms with Crippen LogP contribution < -0.4 is 0 Å². The number of pyridine rings is 1. The fourth-order valence-electron chi connectivity index (χ4n) is 5.14. The van der Waals surface area contributed by atoms with Gasteiger partial charge >= 0.3 is 6.09 Å². The lowest BCUT2D eigenvalue weighted by atomic mass is 9.89. The lowest BCUT2D eigenvalue weighted by Gasteiger charge is -2.40. The van der Waals surface area contributed by atoms with Gasteiger partial charge in [-0.15, -0.1) is 0 Å². The predicted octanol–water partition coefficient (Wildman–Crippen LogP) is 5.10. The van der Waals surface area contributed by atoms with E-state index in [9.17, 15) is 9.59 Å². The molecule has 38 heavy (non-hydrogen) atoms. The number of aromatic nitrogens is 4. The van der Waals surface area contributed by atoms with Crippen molar-refractivity contribution in [2.24, 2.45) is 0 Å². The second-order valence-electron chi connectivity index (χ2n) is 11.6. The lowest BCUT2D eigenvalue weighted by Crippen LogP contribution is -2.52. The summed E-state index contributed by atoms with van der Waals surface area (Å²) in [5.41, 5.74) is 7.10. The molecule has 200 valence electrons. The first-order chi connectivity index (χ1) is 17.9. The van der Waals surface area contributed by atoms with Gasteiger partial charge in [-0.2, -0.15) is 5.10 Å². The zero-order valence-corrected chi connectivity index (χ0v) is 23.2. The van der Waals surface area contributed by atoms with E-state index >= 15 is 0 Å². The zero-order chi connectivity index (χ0) is 27.4. The van der Waals surface area contributed by atoms with Crippen molar-refractivity contribution in [1.82, 2.24) is 29.4 Å². The Morgan fingerprint density at radius 2 is 1.95 bits per heavy atom. The number of likely N-dealkylation sites (tertiary alicyclic amines) is 1. The van der Waals surface area contributed by atoms with E-state index in [1.807, 2.05) is 31.5 Å². The number of H-pyrrole nitrogens is 1. The normalized spacial score (nSPS) is 14.4. The Labute approximate surface area is 222 Å². The van der Waals surface area contributed by atoms with Gasteiger partial charge in [0.2, 0.25) is 5.91 Å². The maximum absolute atomic E-state index is 12.8. The molecule has 1 saturated heterocycles. The third-order valence-electron chi connectivity index (χ3n) is 7.07. The van der Waals surface area contributed by atoms with Gasteiger partial charge in [-0.05, 0) is 68.5 Å². The highest BCUT2D eigenvalue weighted by atomic mass is 16.6. The van der Waals surface area contributed by atoms with E-state index in [1.165, 1.54) is 21.4 Å². The van der Waals surface area contributed by atoms with Gasteiger partial charge in [0.25, 0.3) is 0 Å². The van der Waals surface area contributed by atoms with E-state index in [0.717, 1.165) is 28.0 Å². The number of hydrogen-bond donors (Lipinski definition) is 1. The van der Waals surface area contributed by atoms with Crippen LogP contribution in [-0.2, 0) is 9.53 Å². The molecule has 0 unspecified atom stereocenters. The van der Waals surface area contributed by atoms with Crippen molar-refractivity contribution >= 4 is 28.6 Å². The summed E-state index contributed by atoms with van der Waals surface area (Å²) >= 11 is 0. The number of nitrogens with one attached hydrogen (secondary N) is 1. The molecule has 0 bridgehead atoms. The van der Waals surface area contributed by atoms with Crippen LogP contribution >= 0.6 is 0 Å². The molecule has 1 N–H and O–H groups in total. The highest BCUT2D eigenvalue weighted by molar-refractivity contribution is 5.92. The first-order valence-corrected chi connectivity index (χ1v) is 13.1. The molecule has 0 aliphatic carbocycles. The van der Waals surface area contributed by atoms with Crippen molar-refractivity contribution in [1.29, 1.82) is 0 Å². The number of carbonyl (C=O) groups excluding carboxylic acids is 2. The molecule has 0 atom stereocenters. The smallest absolute Gasteiger partial charge is 0.410 e. The number of carbonyl (C=O) groups is 2. The van der Waals surface area contributed by atoms with E-state index < -0.39 is 11.7 Å². The van der Waals surface area contributed by atoms with Gasteiger partial charge in [0, 0.05) is 48.7 Å². The number of rotatable bonds is 5. The predicted molar refractivity (Wildman–Crippen MR) is 147 cm³/mol. The van der Waals surface area contributed by atoms with E-state index in [1.54, 1.807) is 18.3 Å². The molecular formula is C29H36N6O3. The standard InChI is InChI=1S/C29H36N6O3/c1-17(2)25-22-11-19(21-12-34(13-21)24(36)15-33(7)28(37)38-29(4,5)6)8-9-23(22)32-26(25)20-10-18(3)27-30-16-31-35(27)14-20/h8-11,14,16-17,21,32H,12-13,15H2,1-7H3. The van der Waals surface area contributed by atoms with Crippen LogP contribution in [-0.4, -0.2) is 73.7 Å². The number of likely N-dealkylation sites (N-methyl/N-ethyl adjacent to an activating group) is 1. The lowest BCUT2D eigenvalue weighted by molar-refractivity contribution is -0.136. The Hall–Kier alpha value is -3.88. The number of hydrogen-bond acceptors (Lipinski definition) is 5. The second-order valence-corrected chi connectivity index (χ2v) is 11.6. The van der Waals surface area contributed by atoms with Crippen LogP contribution in [0.2, 0.25) is 0 Å². The molecule has 3 aromatic heterocycles. The summed E-state index contributed by atoms with van der Waals surface area (Å²) in [4.78, 5) is 36.1. The monoisotopic (exact) mass is 516 g/mol. The topological polar surface area (TPSA) is 95.8 Å². The number of benzene rings is 1. The first kappa shape index (κ1) is 25.8. The van der Waals surface area contributed by atoms with Crippen LogP contribution in [0.15, 0.2) is 36.8 Å². The number of amides is 2. The highest BCUT2D eigenvalue weighted by Gasteiger charge is 2.33. The Morgan fingerprint density at radius 1 is 1.21 bits per heavy atom. The molecule has 9 nitrogen and oxygen atoms in total. The third-order valence-corrected chi connectivity index (χ3v) is 7.07. The number of aryl methyl sites for hydroxylation is 1. The van der Waals surface area contributed by atoms with Crippen molar-refractivity contribution < 1.29 is 14.3 Å². The maximum atomic E-state index is 12.8. The van der Waals surface area contributed by atoms with Crippen LogP contribution in [0.5, 0.6) is 0 Å². The summed E-state index contributed by atoms with van der Waals surface area (Å²) in [7, 11) is 1.59. The van der Waals surface area contributed by atoms with Gasteiger partial charge in [0.15, 0.2) is 5.65 Å². The molecule has 4 heterocycles. The average molecular weight is 517 g/mol. The fourth-order valence-corrected chi connectivity index (χ4v) is 5.14. The fraction of sp³-hybridized carbons (Fsp3) is 0.448. The van der Waals surface area contributed by atoms with Gasteiger partial charge in [-0.25, -0.2) is 14.3 Å². The minimum atomic E-state index is -0.593. The quantitative estimate of drug-likeness (QED) is 0.398. The van der Waals surface area contributed by atoms with Crippen LogP contribution in [0.1, 0.15) is 63.1 Å². The molecule has 0 spiro atoms. The van der Waals surface area contributed by atoms with Gasteiger partial charge in [0.05, 0.1) is 5.69 Å². The molecule has 1 aromatic carbocycles. The van der Waals surface area contributed by atoms with Crippen molar-refractivity contribution in [2.45, 2.75) is 59.0 Å². The van der Waals surface area contributed by atoms with Crippen LogP contribution in [0.25, 0.3) is 27.8 Å². The number of ether oxygens (including phenoxy) is 1. The van der Waals surface area contributed by atoms with Gasteiger partial charge < -0.3 is 19.5 Å². The molecular weight excluding hydrogens is 480 g/mol. The molecule has 4 aromatic rings. The van der Waals surface area contributed by atoms with Crippen LogP contribution in [0, 0.1) is 6.92 Å². The minimum Gasteiger partial charge on any atom is -0.444 e. The van der Waals surface area contributed by atoms with Gasteiger partial charge in [0.1, 0.15) is 18.5 Å². The molecule has 5 rings (SSSR count). The molecule has 2 amide bonds. The van der Waals surface area contributed by atoms with Crippen LogP contribution in [0.4, 0.5) is 4.79 Å². The Kier molecular flexibility index (Phi) is 6.41. The number of aromatic amines is 1. The molecule has 1 fully saturated rings. The Balaban J connectivity index is 1.34. The summed E-state index contributed by atoms with van der Waals surface area (Å²) < 4.78 is 7.18. The number of nitrogens with zero attached hydrogens (tertiary/aromatic N) is 5. The van der Waals surface area contributed by atoms with Crippen molar-refractivity contribution in [2.75, 3.05) is 26.7 Å². The summed E-state index contributed by atoms with van der Waals surface area (Å²) in [5, 5.41) is 5.55. The van der Waals surface area contributed by atoms with E-state index in [-0.39, 0.29) is 18.4 Å². The summed E-state index contributed by atoms with van der Waals surface area (Å²) in [6, 6.07) is 8.72. The molecule has 1 aliphatic heterocycles. The molecule has 1 aliphatic rings. The summed E-state index contributed by atoms with van der Waals surface area (Å²) in [6.07, 6.45) is 3.11. The molecule has 9 heteroatoms. The highest BCUT2D eigenvalue weighted by Crippen LogP contribution is 2.38. The van der Waals surface area contributed by atoms with Crippen molar-refractivity contribution in [3.63, 3.8) is 0 Å². The third kappa shape index (κ3) is 4.85. The average Bonchev–Trinajstić information content (AvgIpc) is 3.41. The van der Waals surface area contributed by atoms with Crippen LogP contribution in [0.3, 0.4) is 0 Å². The number of fused-ring (bicyclic) bond motifs is 2.